The molecule has 0 aromatic heterocycles. The van der Waals surface area contributed by atoms with Crippen LogP contribution in [0.15, 0.2) is 18.2 Å². The Hall–Kier alpha value is -1.79. The van der Waals surface area contributed by atoms with Gasteiger partial charge in [0.15, 0.2) is 0 Å². The quantitative estimate of drug-likeness (QED) is 0.385. The molecule has 0 aliphatic heterocycles. The van der Waals surface area contributed by atoms with Crippen molar-refractivity contribution in [2.24, 2.45) is 5.73 Å². The highest BCUT2D eigenvalue weighted by molar-refractivity contribution is 5.92. The highest BCUT2D eigenvalue weighted by Crippen LogP contribution is 2.26. The van der Waals surface area contributed by atoms with Crippen LogP contribution in [-0.2, 0) is 9.47 Å². The number of carbonyl (C=O) groups is 1. The van der Waals surface area contributed by atoms with Gasteiger partial charge in [0, 0.05) is 12.6 Å². The summed E-state index contributed by atoms with van der Waals surface area (Å²) in [5.74, 6) is -0.391. The molecule has 1 aliphatic carbocycles. The summed E-state index contributed by atoms with van der Waals surface area (Å²) in [5.41, 5.74) is 13.3. The van der Waals surface area contributed by atoms with Crippen molar-refractivity contribution < 1.29 is 14.3 Å². The van der Waals surface area contributed by atoms with Crippen LogP contribution in [0.5, 0.6) is 0 Å². The Morgan fingerprint density at radius 3 is 2.65 bits per heavy atom. The lowest BCUT2D eigenvalue weighted by Crippen LogP contribution is -2.23. The van der Waals surface area contributed by atoms with Crippen LogP contribution in [0.25, 0.3) is 0 Å². The zero-order valence-corrected chi connectivity index (χ0v) is 13.6. The number of esters is 1. The zero-order valence-electron chi connectivity index (χ0n) is 13.6. The van der Waals surface area contributed by atoms with Crippen LogP contribution in [0.2, 0.25) is 0 Å². The summed E-state index contributed by atoms with van der Waals surface area (Å²) in [5, 5.41) is 3.47. The van der Waals surface area contributed by atoms with Gasteiger partial charge in [-0.15, -0.1) is 0 Å². The summed E-state index contributed by atoms with van der Waals surface area (Å²) in [6.07, 6.45) is 6.17. The van der Waals surface area contributed by atoms with Crippen molar-refractivity contribution in [1.29, 1.82) is 0 Å². The first kappa shape index (κ1) is 17.6. The van der Waals surface area contributed by atoms with E-state index in [4.69, 9.17) is 20.9 Å². The highest BCUT2D eigenvalue weighted by atomic mass is 16.6. The lowest BCUT2D eigenvalue weighted by atomic mass is 9.95. The normalized spacial score (nSPS) is 15.3. The summed E-state index contributed by atoms with van der Waals surface area (Å²) < 4.78 is 10.3. The van der Waals surface area contributed by atoms with E-state index in [2.05, 4.69) is 5.32 Å². The van der Waals surface area contributed by atoms with Crippen molar-refractivity contribution in [1.82, 2.24) is 0 Å². The van der Waals surface area contributed by atoms with E-state index in [1.54, 1.807) is 12.1 Å². The first-order valence-corrected chi connectivity index (χ1v) is 8.31. The maximum absolute atomic E-state index is 12.0. The van der Waals surface area contributed by atoms with E-state index in [0.717, 1.165) is 5.69 Å². The van der Waals surface area contributed by atoms with Gasteiger partial charge in [-0.3, -0.25) is 0 Å². The number of ether oxygens (including phenoxy) is 2. The van der Waals surface area contributed by atoms with Crippen LogP contribution in [0.4, 0.5) is 11.4 Å². The molecule has 2 rings (SSSR count). The van der Waals surface area contributed by atoms with E-state index < -0.39 is 5.97 Å². The van der Waals surface area contributed by atoms with E-state index >= 15 is 0 Å². The lowest BCUT2D eigenvalue weighted by molar-refractivity contribution is 0.0328. The van der Waals surface area contributed by atoms with Gasteiger partial charge in [0.25, 0.3) is 0 Å². The second kappa shape index (κ2) is 9.37. The molecule has 0 saturated heterocycles. The summed E-state index contributed by atoms with van der Waals surface area (Å²) in [6, 6.07) is 5.73. The minimum atomic E-state index is -0.391. The Kier molecular flexibility index (Phi) is 7.16. The van der Waals surface area contributed by atoms with Gasteiger partial charge in [0.1, 0.15) is 6.61 Å². The molecule has 1 fully saturated rings. The minimum Gasteiger partial charge on any atom is -0.460 e. The smallest absolute Gasteiger partial charge is 0.338 e. The van der Waals surface area contributed by atoms with E-state index in [-0.39, 0.29) is 6.61 Å². The predicted octanol–water partition coefficient (Wildman–Crippen LogP) is 2.15. The average Bonchev–Trinajstić information content (AvgIpc) is 2.57. The Morgan fingerprint density at radius 1 is 1.17 bits per heavy atom. The summed E-state index contributed by atoms with van der Waals surface area (Å²) in [4.78, 5) is 12.0. The monoisotopic (exact) mass is 321 g/mol. The third kappa shape index (κ3) is 5.73. The number of carbonyl (C=O) groups excluding carboxylic acids is 1. The molecule has 0 bridgehead atoms. The number of nitrogens with two attached hydrogens (primary N) is 2. The van der Waals surface area contributed by atoms with Crippen molar-refractivity contribution in [3.8, 4) is 0 Å². The Morgan fingerprint density at radius 2 is 1.96 bits per heavy atom. The first-order chi connectivity index (χ1) is 11.2. The molecule has 0 amide bonds. The van der Waals surface area contributed by atoms with Crippen molar-refractivity contribution in [3.05, 3.63) is 23.8 Å². The first-order valence-electron chi connectivity index (χ1n) is 8.31. The molecule has 1 aromatic rings. The number of rotatable bonds is 8. The van der Waals surface area contributed by atoms with Gasteiger partial charge < -0.3 is 26.3 Å². The molecule has 1 saturated carbocycles. The van der Waals surface area contributed by atoms with Gasteiger partial charge >= 0.3 is 5.97 Å². The molecule has 0 atom stereocenters. The van der Waals surface area contributed by atoms with Gasteiger partial charge in [0.2, 0.25) is 0 Å². The summed E-state index contributed by atoms with van der Waals surface area (Å²) in [7, 11) is 0. The van der Waals surface area contributed by atoms with Gasteiger partial charge in [-0.25, -0.2) is 4.79 Å². The molecular weight excluding hydrogens is 294 g/mol. The highest BCUT2D eigenvalue weighted by Gasteiger charge is 2.15. The van der Waals surface area contributed by atoms with Crippen molar-refractivity contribution >= 4 is 17.3 Å². The molecule has 0 heterocycles. The van der Waals surface area contributed by atoms with Crippen molar-refractivity contribution in [3.63, 3.8) is 0 Å². The maximum atomic E-state index is 12.0. The largest absolute Gasteiger partial charge is 0.460 e. The number of hydrogen-bond acceptors (Lipinski definition) is 6. The van der Waals surface area contributed by atoms with Crippen molar-refractivity contribution in [2.75, 3.05) is 37.4 Å². The van der Waals surface area contributed by atoms with Crippen LogP contribution in [-0.4, -0.2) is 38.4 Å². The fraction of sp³-hybridized carbons (Fsp3) is 0.588. The number of benzene rings is 1. The molecule has 5 N–H and O–H groups in total. The molecule has 0 spiro atoms. The summed E-state index contributed by atoms with van der Waals surface area (Å²) >= 11 is 0. The van der Waals surface area contributed by atoms with E-state index in [1.807, 2.05) is 6.07 Å². The molecule has 0 radical (unpaired) electrons. The zero-order chi connectivity index (χ0) is 16.5. The van der Waals surface area contributed by atoms with Crippen LogP contribution in [0, 0.1) is 0 Å². The van der Waals surface area contributed by atoms with E-state index in [0.29, 0.717) is 37.1 Å². The fourth-order valence-corrected chi connectivity index (χ4v) is 2.75. The SMILES string of the molecule is NCCOCCOC(=O)c1ccc(NC2CCCCC2)c(N)c1. The second-order valence-electron chi connectivity index (χ2n) is 5.82. The number of anilines is 2. The summed E-state index contributed by atoms with van der Waals surface area (Å²) in [6.45, 7) is 1.48. The molecular formula is C17H27N3O3. The van der Waals surface area contributed by atoms with Gasteiger partial charge in [-0.05, 0) is 31.0 Å². The third-order valence-electron chi connectivity index (χ3n) is 3.98. The van der Waals surface area contributed by atoms with Gasteiger partial charge in [-0.1, -0.05) is 19.3 Å². The molecule has 1 aliphatic rings. The van der Waals surface area contributed by atoms with Crippen LogP contribution < -0.4 is 16.8 Å². The Labute approximate surface area is 137 Å². The average molecular weight is 321 g/mol. The van der Waals surface area contributed by atoms with Crippen LogP contribution in [0.1, 0.15) is 42.5 Å². The fourth-order valence-electron chi connectivity index (χ4n) is 2.75. The van der Waals surface area contributed by atoms with E-state index in [1.165, 1.54) is 32.1 Å². The Bertz CT molecular complexity index is 502. The topological polar surface area (TPSA) is 99.6 Å². The van der Waals surface area contributed by atoms with Gasteiger partial charge in [-0.2, -0.15) is 0 Å². The standard InChI is InChI=1S/C17H27N3O3/c18-8-9-22-10-11-23-17(21)13-6-7-16(15(19)12-13)20-14-4-2-1-3-5-14/h6-7,12,14,20H,1-5,8-11,18-19H2. The Balaban J connectivity index is 1.84. The maximum Gasteiger partial charge on any atom is 0.338 e. The third-order valence-corrected chi connectivity index (χ3v) is 3.98. The van der Waals surface area contributed by atoms with Gasteiger partial charge in [0.05, 0.1) is 30.2 Å². The van der Waals surface area contributed by atoms with E-state index in [9.17, 15) is 4.79 Å². The number of nitrogen functional groups attached to an aromatic ring is 1. The van der Waals surface area contributed by atoms with Crippen LogP contribution in [0.3, 0.4) is 0 Å². The molecule has 6 heteroatoms. The van der Waals surface area contributed by atoms with Crippen molar-refractivity contribution in [2.45, 2.75) is 38.1 Å². The molecule has 128 valence electrons. The number of nitrogens with one attached hydrogen (secondary N) is 1. The number of hydrogen-bond donors (Lipinski definition) is 3. The minimum absolute atomic E-state index is 0.209. The van der Waals surface area contributed by atoms with Crippen LogP contribution >= 0.6 is 0 Å². The molecule has 23 heavy (non-hydrogen) atoms. The molecule has 1 aromatic carbocycles. The predicted molar refractivity (Wildman–Crippen MR) is 91.5 cm³/mol. The second-order valence-corrected chi connectivity index (χ2v) is 5.82. The lowest BCUT2D eigenvalue weighted by Gasteiger charge is -2.24. The molecule has 6 nitrogen and oxygen atoms in total. The molecule has 0 unspecified atom stereocenters.